The molecule has 1 N–H and O–H groups in total. The van der Waals surface area contributed by atoms with Crippen LogP contribution in [0, 0.1) is 11.3 Å². The van der Waals surface area contributed by atoms with Crippen LogP contribution in [0.3, 0.4) is 0 Å². The van der Waals surface area contributed by atoms with Crippen LogP contribution in [-0.4, -0.2) is 27.0 Å². The Morgan fingerprint density at radius 1 is 1.47 bits per heavy atom. The van der Waals surface area contributed by atoms with Gasteiger partial charge in [0.25, 0.3) is 0 Å². The van der Waals surface area contributed by atoms with E-state index in [9.17, 15) is 0 Å². The van der Waals surface area contributed by atoms with Gasteiger partial charge in [0.05, 0.1) is 0 Å². The van der Waals surface area contributed by atoms with E-state index in [0.29, 0.717) is 22.8 Å². The molecule has 0 amide bonds. The van der Waals surface area contributed by atoms with E-state index in [1.807, 2.05) is 11.8 Å². The lowest BCUT2D eigenvalue weighted by Gasteiger charge is -2.20. The van der Waals surface area contributed by atoms with Crippen LogP contribution in [0.25, 0.3) is 0 Å². The monoisotopic (exact) mass is 248 g/mol. The average Bonchev–Trinajstić information content (AvgIpc) is 2.78. The van der Waals surface area contributed by atoms with Gasteiger partial charge in [0.15, 0.2) is 11.5 Å². The maximum atomic E-state index is 8.96. The Bertz CT molecular complexity index is 415. The summed E-state index contributed by atoms with van der Waals surface area (Å²) in [7, 11) is 0. The molecule has 1 aliphatic rings. The Morgan fingerprint density at radius 2 is 2.29 bits per heavy atom. The predicted molar refractivity (Wildman–Crippen MR) is 69.9 cm³/mol. The fraction of sp³-hybridized carbons (Fsp3) is 0.583. The molecule has 1 aliphatic carbocycles. The van der Waals surface area contributed by atoms with Crippen LogP contribution >= 0.6 is 11.8 Å². The lowest BCUT2D eigenvalue weighted by atomic mass is 10.2. The zero-order chi connectivity index (χ0) is 12.1. The summed E-state index contributed by atoms with van der Waals surface area (Å²) in [5.41, 5.74) is 0.389. The number of aromatic nitrogens is 2. The molecule has 2 unspecified atom stereocenters. The number of nitrogens with one attached hydrogen (secondary N) is 1. The van der Waals surface area contributed by atoms with Gasteiger partial charge in [-0.25, -0.2) is 9.97 Å². The maximum absolute atomic E-state index is 8.96. The van der Waals surface area contributed by atoms with Crippen molar-refractivity contribution in [3.63, 3.8) is 0 Å². The van der Waals surface area contributed by atoms with E-state index in [-0.39, 0.29) is 0 Å². The Labute approximate surface area is 106 Å². The fourth-order valence-electron chi connectivity index (χ4n) is 2.21. The molecule has 1 aromatic rings. The van der Waals surface area contributed by atoms with Gasteiger partial charge < -0.3 is 5.32 Å². The summed E-state index contributed by atoms with van der Waals surface area (Å²) in [4.78, 5) is 8.22. The molecule has 17 heavy (non-hydrogen) atoms. The third-order valence-corrected chi connectivity index (χ3v) is 4.29. The number of hydrogen-bond donors (Lipinski definition) is 1. The third-order valence-electron chi connectivity index (χ3n) is 2.96. The predicted octanol–water partition coefficient (Wildman–Crippen LogP) is 2.43. The van der Waals surface area contributed by atoms with Crippen molar-refractivity contribution >= 4 is 17.6 Å². The number of anilines is 1. The molecule has 90 valence electrons. The normalized spacial score (nSPS) is 23.3. The second-order valence-electron chi connectivity index (χ2n) is 4.04. The van der Waals surface area contributed by atoms with E-state index >= 15 is 0 Å². The highest BCUT2D eigenvalue weighted by atomic mass is 32.2. The smallest absolute Gasteiger partial charge is 0.182 e. The number of thioether (sulfide) groups is 1. The van der Waals surface area contributed by atoms with Gasteiger partial charge in [-0.15, -0.1) is 0 Å². The van der Waals surface area contributed by atoms with Crippen LogP contribution in [-0.2, 0) is 0 Å². The summed E-state index contributed by atoms with van der Waals surface area (Å²) in [6, 6.07) is 2.49. The zero-order valence-corrected chi connectivity index (χ0v) is 10.7. The Kier molecular flexibility index (Phi) is 4.21. The van der Waals surface area contributed by atoms with Crippen LogP contribution < -0.4 is 5.32 Å². The van der Waals surface area contributed by atoms with E-state index in [1.54, 1.807) is 12.4 Å². The van der Waals surface area contributed by atoms with Gasteiger partial charge >= 0.3 is 0 Å². The largest absolute Gasteiger partial charge is 0.364 e. The first-order chi connectivity index (χ1) is 8.35. The first kappa shape index (κ1) is 12.2. The summed E-state index contributed by atoms with van der Waals surface area (Å²) in [6.45, 7) is 2.18. The summed E-state index contributed by atoms with van der Waals surface area (Å²) in [5.74, 6) is 1.76. The van der Waals surface area contributed by atoms with Crippen molar-refractivity contribution in [1.29, 1.82) is 5.26 Å². The van der Waals surface area contributed by atoms with Gasteiger partial charge in [-0.05, 0) is 18.6 Å². The highest BCUT2D eigenvalue weighted by molar-refractivity contribution is 7.99. The van der Waals surface area contributed by atoms with Gasteiger partial charge in [-0.2, -0.15) is 17.0 Å². The van der Waals surface area contributed by atoms with E-state index in [0.717, 1.165) is 12.2 Å². The topological polar surface area (TPSA) is 61.6 Å². The highest BCUT2D eigenvalue weighted by Crippen LogP contribution is 2.31. The maximum Gasteiger partial charge on any atom is 0.182 e. The molecule has 1 saturated carbocycles. The summed E-state index contributed by atoms with van der Waals surface area (Å²) < 4.78 is 0. The molecule has 0 spiro atoms. The molecule has 0 radical (unpaired) electrons. The van der Waals surface area contributed by atoms with Crippen molar-refractivity contribution < 1.29 is 0 Å². The molecular weight excluding hydrogens is 232 g/mol. The van der Waals surface area contributed by atoms with Crippen LogP contribution in [0.1, 0.15) is 31.9 Å². The van der Waals surface area contributed by atoms with E-state index in [2.05, 4.69) is 28.3 Å². The van der Waals surface area contributed by atoms with Gasteiger partial charge in [0, 0.05) is 23.7 Å². The van der Waals surface area contributed by atoms with Gasteiger partial charge in [-0.3, -0.25) is 0 Å². The molecule has 0 bridgehead atoms. The van der Waals surface area contributed by atoms with E-state index in [4.69, 9.17) is 5.26 Å². The van der Waals surface area contributed by atoms with Crippen LogP contribution in [0.2, 0.25) is 0 Å². The van der Waals surface area contributed by atoms with Gasteiger partial charge in [-0.1, -0.05) is 13.3 Å². The molecule has 5 heteroatoms. The minimum absolute atomic E-state index is 0.389. The second kappa shape index (κ2) is 5.87. The van der Waals surface area contributed by atoms with Gasteiger partial charge in [0.2, 0.25) is 0 Å². The van der Waals surface area contributed by atoms with Crippen molar-refractivity contribution in [2.45, 2.75) is 37.5 Å². The molecule has 0 aromatic carbocycles. The summed E-state index contributed by atoms with van der Waals surface area (Å²) >= 11 is 1.99. The minimum Gasteiger partial charge on any atom is -0.364 e. The minimum atomic E-state index is 0.389. The lowest BCUT2D eigenvalue weighted by Crippen LogP contribution is -2.27. The Balaban J connectivity index is 2.07. The van der Waals surface area contributed by atoms with Crippen molar-refractivity contribution in [2.75, 3.05) is 11.1 Å². The van der Waals surface area contributed by atoms with Crippen molar-refractivity contribution in [1.82, 2.24) is 9.97 Å². The Hall–Kier alpha value is -1.28. The standard InChI is InChI=1S/C12H16N4S/c1-2-17-11-5-3-4-9(11)16-12-10(8-13)14-6-7-15-12/h6-7,9,11H,2-5H2,1H3,(H,15,16). The number of nitrogens with zero attached hydrogens (tertiary/aromatic N) is 3. The van der Waals surface area contributed by atoms with Crippen LogP contribution in [0.4, 0.5) is 5.82 Å². The van der Waals surface area contributed by atoms with E-state index in [1.165, 1.54) is 12.8 Å². The molecule has 0 saturated heterocycles. The highest BCUT2D eigenvalue weighted by Gasteiger charge is 2.27. The Morgan fingerprint density at radius 3 is 3.06 bits per heavy atom. The summed E-state index contributed by atoms with van der Waals surface area (Å²) in [5, 5.41) is 13.0. The molecule has 0 aliphatic heterocycles. The number of rotatable bonds is 4. The molecule has 1 heterocycles. The molecule has 2 atom stereocenters. The number of hydrogen-bond acceptors (Lipinski definition) is 5. The number of nitriles is 1. The van der Waals surface area contributed by atoms with Gasteiger partial charge in [0.1, 0.15) is 6.07 Å². The first-order valence-electron chi connectivity index (χ1n) is 5.94. The van der Waals surface area contributed by atoms with E-state index < -0.39 is 0 Å². The lowest BCUT2D eigenvalue weighted by molar-refractivity contribution is 0.760. The second-order valence-corrected chi connectivity index (χ2v) is 5.56. The van der Waals surface area contributed by atoms with Crippen LogP contribution in [0.5, 0.6) is 0 Å². The van der Waals surface area contributed by atoms with Crippen molar-refractivity contribution in [3.05, 3.63) is 18.1 Å². The molecule has 2 rings (SSSR count). The molecule has 1 aromatic heterocycles. The SMILES string of the molecule is CCSC1CCCC1Nc1nccnc1C#N. The molecule has 4 nitrogen and oxygen atoms in total. The summed E-state index contributed by atoms with van der Waals surface area (Å²) in [6.07, 6.45) is 6.83. The quantitative estimate of drug-likeness (QED) is 0.886. The van der Waals surface area contributed by atoms with Crippen molar-refractivity contribution in [3.8, 4) is 6.07 Å². The van der Waals surface area contributed by atoms with Crippen molar-refractivity contribution in [2.24, 2.45) is 0 Å². The van der Waals surface area contributed by atoms with Crippen LogP contribution in [0.15, 0.2) is 12.4 Å². The molecule has 1 fully saturated rings. The third kappa shape index (κ3) is 2.89. The molecular formula is C12H16N4S. The average molecular weight is 248 g/mol. The zero-order valence-electron chi connectivity index (χ0n) is 9.89. The first-order valence-corrected chi connectivity index (χ1v) is 6.99. The fourth-order valence-corrected chi connectivity index (χ4v) is 3.40.